The minimum atomic E-state index is -0.0542. The van der Waals surface area contributed by atoms with E-state index in [4.69, 9.17) is 5.73 Å². The Labute approximate surface area is 93.8 Å². The third-order valence-corrected chi connectivity index (χ3v) is 2.50. The van der Waals surface area contributed by atoms with Gasteiger partial charge in [0.25, 0.3) is 5.91 Å². The number of benzene rings is 1. The van der Waals surface area contributed by atoms with Crippen LogP contribution in [0.4, 0.5) is 0 Å². The maximum atomic E-state index is 11.9. The van der Waals surface area contributed by atoms with E-state index in [0.717, 1.165) is 17.3 Å². The lowest BCUT2D eigenvalue weighted by molar-refractivity contribution is 0.0955. The van der Waals surface area contributed by atoms with Crippen molar-refractivity contribution in [2.45, 2.75) is 6.42 Å². The molecule has 2 rings (SSSR count). The number of carbonyl (C=O) groups is 1. The highest BCUT2D eigenvalue weighted by Gasteiger charge is 2.09. The average molecular weight is 217 g/mol. The number of fused-ring (bicyclic) bond motifs is 1. The molecule has 1 heterocycles. The Balaban J connectivity index is 2.19. The number of amides is 1. The number of rotatable bonds is 4. The van der Waals surface area contributed by atoms with Crippen LogP contribution in [0.15, 0.2) is 30.5 Å². The van der Waals surface area contributed by atoms with Gasteiger partial charge in [0.2, 0.25) is 0 Å². The van der Waals surface area contributed by atoms with Gasteiger partial charge in [0.1, 0.15) is 0 Å². The second-order valence-electron chi connectivity index (χ2n) is 3.65. The van der Waals surface area contributed by atoms with Crippen LogP contribution >= 0.6 is 0 Å². The fourth-order valence-corrected chi connectivity index (χ4v) is 1.67. The first-order valence-corrected chi connectivity index (χ1v) is 5.37. The zero-order chi connectivity index (χ0) is 11.4. The molecule has 1 aromatic heterocycles. The van der Waals surface area contributed by atoms with E-state index in [-0.39, 0.29) is 5.91 Å². The van der Waals surface area contributed by atoms with E-state index >= 15 is 0 Å². The SMILES string of the molecule is NCCCNC(=O)c1cccc2cc[nH]c12. The average Bonchev–Trinajstić information content (AvgIpc) is 2.76. The largest absolute Gasteiger partial charge is 0.361 e. The fourth-order valence-electron chi connectivity index (χ4n) is 1.67. The van der Waals surface area contributed by atoms with Crippen molar-refractivity contribution in [2.75, 3.05) is 13.1 Å². The number of hydrogen-bond donors (Lipinski definition) is 3. The Kier molecular flexibility index (Phi) is 3.22. The molecule has 0 aliphatic heterocycles. The van der Waals surface area contributed by atoms with Crippen molar-refractivity contribution in [1.82, 2.24) is 10.3 Å². The van der Waals surface area contributed by atoms with Crippen LogP contribution in [0.2, 0.25) is 0 Å². The van der Waals surface area contributed by atoms with E-state index < -0.39 is 0 Å². The van der Waals surface area contributed by atoms with Crippen LogP contribution in [0, 0.1) is 0 Å². The van der Waals surface area contributed by atoms with Crippen molar-refractivity contribution >= 4 is 16.8 Å². The minimum Gasteiger partial charge on any atom is -0.361 e. The summed E-state index contributed by atoms with van der Waals surface area (Å²) in [7, 11) is 0. The Morgan fingerprint density at radius 1 is 1.38 bits per heavy atom. The number of carbonyl (C=O) groups excluding carboxylic acids is 1. The molecule has 4 heteroatoms. The summed E-state index contributed by atoms with van der Waals surface area (Å²) in [6.07, 6.45) is 2.63. The third kappa shape index (κ3) is 2.06. The van der Waals surface area contributed by atoms with Crippen LogP contribution in [0.3, 0.4) is 0 Å². The molecular formula is C12H15N3O. The maximum absolute atomic E-state index is 11.9. The molecule has 4 N–H and O–H groups in total. The summed E-state index contributed by atoms with van der Waals surface area (Å²) in [5.74, 6) is -0.0542. The predicted octanol–water partition coefficient (Wildman–Crippen LogP) is 1.25. The van der Waals surface area contributed by atoms with E-state index in [1.807, 2.05) is 30.5 Å². The van der Waals surface area contributed by atoms with Crippen LogP contribution in [0.1, 0.15) is 16.8 Å². The number of H-pyrrole nitrogens is 1. The minimum absolute atomic E-state index is 0.0542. The molecule has 0 unspecified atom stereocenters. The Morgan fingerprint density at radius 2 is 2.25 bits per heavy atom. The van der Waals surface area contributed by atoms with Crippen molar-refractivity contribution in [1.29, 1.82) is 0 Å². The summed E-state index contributed by atoms with van der Waals surface area (Å²) >= 11 is 0. The number of aromatic amines is 1. The quantitative estimate of drug-likeness (QED) is 0.674. The van der Waals surface area contributed by atoms with Crippen LogP contribution in [0.25, 0.3) is 10.9 Å². The van der Waals surface area contributed by atoms with Gasteiger partial charge in [0.15, 0.2) is 0 Å². The van der Waals surface area contributed by atoms with E-state index in [9.17, 15) is 4.79 Å². The molecule has 16 heavy (non-hydrogen) atoms. The molecule has 0 fully saturated rings. The van der Waals surface area contributed by atoms with Gasteiger partial charge in [-0.3, -0.25) is 4.79 Å². The molecule has 84 valence electrons. The van der Waals surface area contributed by atoms with Gasteiger partial charge >= 0.3 is 0 Å². The molecule has 0 saturated heterocycles. The van der Waals surface area contributed by atoms with Crippen LogP contribution in [-0.2, 0) is 0 Å². The summed E-state index contributed by atoms with van der Waals surface area (Å²) in [4.78, 5) is 14.9. The van der Waals surface area contributed by atoms with Gasteiger partial charge in [0.05, 0.1) is 11.1 Å². The highest BCUT2D eigenvalue weighted by molar-refractivity contribution is 6.05. The molecule has 0 bridgehead atoms. The van der Waals surface area contributed by atoms with E-state index in [0.29, 0.717) is 18.7 Å². The highest BCUT2D eigenvalue weighted by Crippen LogP contribution is 2.16. The maximum Gasteiger partial charge on any atom is 0.253 e. The van der Waals surface area contributed by atoms with Gasteiger partial charge in [0, 0.05) is 18.1 Å². The first-order chi connectivity index (χ1) is 7.83. The zero-order valence-corrected chi connectivity index (χ0v) is 8.99. The molecule has 0 spiro atoms. The van der Waals surface area contributed by atoms with E-state index in [1.54, 1.807) is 0 Å². The Bertz CT molecular complexity index is 490. The van der Waals surface area contributed by atoms with Crippen LogP contribution < -0.4 is 11.1 Å². The molecule has 0 aliphatic rings. The monoisotopic (exact) mass is 217 g/mol. The lowest BCUT2D eigenvalue weighted by Crippen LogP contribution is -2.26. The first kappa shape index (κ1) is 10.7. The van der Waals surface area contributed by atoms with Gasteiger partial charge in [-0.1, -0.05) is 12.1 Å². The topological polar surface area (TPSA) is 70.9 Å². The Hall–Kier alpha value is -1.81. The lowest BCUT2D eigenvalue weighted by atomic mass is 10.1. The number of para-hydroxylation sites is 1. The number of aromatic nitrogens is 1. The molecule has 0 atom stereocenters. The van der Waals surface area contributed by atoms with Crippen molar-refractivity contribution < 1.29 is 4.79 Å². The molecule has 0 aliphatic carbocycles. The number of nitrogens with two attached hydrogens (primary N) is 1. The molecule has 0 radical (unpaired) electrons. The standard InChI is InChI=1S/C12H15N3O/c13-6-2-7-15-12(16)10-4-1-3-9-5-8-14-11(9)10/h1,3-5,8,14H,2,6-7,13H2,(H,15,16). The van der Waals surface area contributed by atoms with Gasteiger partial charge < -0.3 is 16.0 Å². The summed E-state index contributed by atoms with van der Waals surface area (Å²) in [6, 6.07) is 7.62. The first-order valence-electron chi connectivity index (χ1n) is 5.37. The fraction of sp³-hybridized carbons (Fsp3) is 0.250. The lowest BCUT2D eigenvalue weighted by Gasteiger charge is -2.05. The molecular weight excluding hydrogens is 202 g/mol. The number of nitrogens with one attached hydrogen (secondary N) is 2. The summed E-state index contributed by atoms with van der Waals surface area (Å²) in [6.45, 7) is 1.21. The van der Waals surface area contributed by atoms with Gasteiger partial charge in [-0.05, 0) is 25.1 Å². The van der Waals surface area contributed by atoms with E-state index in [1.165, 1.54) is 0 Å². The van der Waals surface area contributed by atoms with E-state index in [2.05, 4.69) is 10.3 Å². The summed E-state index contributed by atoms with van der Waals surface area (Å²) in [5.41, 5.74) is 6.93. The van der Waals surface area contributed by atoms with Crippen LogP contribution in [-0.4, -0.2) is 24.0 Å². The normalized spacial score (nSPS) is 10.6. The highest BCUT2D eigenvalue weighted by atomic mass is 16.1. The molecule has 0 saturated carbocycles. The Morgan fingerprint density at radius 3 is 3.06 bits per heavy atom. The van der Waals surface area contributed by atoms with Gasteiger partial charge in [-0.15, -0.1) is 0 Å². The second kappa shape index (κ2) is 4.81. The van der Waals surface area contributed by atoms with Gasteiger partial charge in [-0.2, -0.15) is 0 Å². The molecule has 1 aromatic carbocycles. The predicted molar refractivity (Wildman–Crippen MR) is 64.3 cm³/mol. The summed E-state index contributed by atoms with van der Waals surface area (Å²) in [5, 5.41) is 3.89. The smallest absolute Gasteiger partial charge is 0.253 e. The third-order valence-electron chi connectivity index (χ3n) is 2.50. The number of hydrogen-bond acceptors (Lipinski definition) is 2. The van der Waals surface area contributed by atoms with Crippen molar-refractivity contribution in [3.05, 3.63) is 36.0 Å². The molecule has 1 amide bonds. The van der Waals surface area contributed by atoms with Gasteiger partial charge in [-0.25, -0.2) is 0 Å². The van der Waals surface area contributed by atoms with Crippen molar-refractivity contribution in [2.24, 2.45) is 5.73 Å². The molecule has 2 aromatic rings. The molecule has 4 nitrogen and oxygen atoms in total. The van der Waals surface area contributed by atoms with Crippen molar-refractivity contribution in [3.63, 3.8) is 0 Å². The van der Waals surface area contributed by atoms with Crippen LogP contribution in [0.5, 0.6) is 0 Å². The zero-order valence-electron chi connectivity index (χ0n) is 8.99. The second-order valence-corrected chi connectivity index (χ2v) is 3.65. The van der Waals surface area contributed by atoms with Crippen molar-refractivity contribution in [3.8, 4) is 0 Å². The summed E-state index contributed by atoms with van der Waals surface area (Å²) < 4.78 is 0.